The van der Waals surface area contributed by atoms with Gasteiger partial charge in [0, 0.05) is 6.04 Å². The number of benzene rings is 1. The normalized spacial score (nSPS) is 12.8. The standard InChI is InChI=1S/C15H22N4/c1-4-10-19(11-15-16-13(3)17-18-15)12(2)14-8-6-5-7-9-14/h5-9,12H,4,10-11H2,1-3H3,(H,16,17,18)/t12-/m0/s1. The van der Waals surface area contributed by atoms with Gasteiger partial charge in [-0.15, -0.1) is 0 Å². The summed E-state index contributed by atoms with van der Waals surface area (Å²) in [6.07, 6.45) is 1.13. The summed E-state index contributed by atoms with van der Waals surface area (Å²) in [5.74, 6) is 1.74. The van der Waals surface area contributed by atoms with E-state index in [9.17, 15) is 0 Å². The minimum absolute atomic E-state index is 0.375. The Kier molecular flexibility index (Phi) is 4.68. The molecule has 1 N–H and O–H groups in total. The second-order valence-corrected chi connectivity index (χ2v) is 4.89. The Morgan fingerprint density at radius 3 is 2.58 bits per heavy atom. The van der Waals surface area contributed by atoms with Crippen molar-refractivity contribution in [3.63, 3.8) is 0 Å². The van der Waals surface area contributed by atoms with Crippen LogP contribution in [0.1, 0.15) is 43.5 Å². The predicted molar refractivity (Wildman–Crippen MR) is 76.7 cm³/mol. The zero-order valence-corrected chi connectivity index (χ0v) is 11.9. The third kappa shape index (κ3) is 3.64. The molecule has 2 aromatic rings. The maximum atomic E-state index is 4.40. The van der Waals surface area contributed by atoms with Crippen molar-refractivity contribution in [3.8, 4) is 0 Å². The van der Waals surface area contributed by atoms with Crippen molar-refractivity contribution in [2.24, 2.45) is 0 Å². The van der Waals surface area contributed by atoms with Gasteiger partial charge in [0.25, 0.3) is 0 Å². The van der Waals surface area contributed by atoms with Crippen LogP contribution in [-0.4, -0.2) is 26.6 Å². The number of rotatable bonds is 6. The van der Waals surface area contributed by atoms with Crippen LogP contribution in [0, 0.1) is 6.92 Å². The molecule has 2 rings (SSSR count). The first kappa shape index (κ1) is 13.7. The van der Waals surface area contributed by atoms with E-state index in [-0.39, 0.29) is 0 Å². The third-order valence-electron chi connectivity index (χ3n) is 3.33. The molecule has 102 valence electrons. The van der Waals surface area contributed by atoms with Gasteiger partial charge in [0.05, 0.1) is 6.54 Å². The van der Waals surface area contributed by atoms with Gasteiger partial charge < -0.3 is 0 Å². The number of hydrogen-bond acceptors (Lipinski definition) is 3. The molecule has 1 heterocycles. The van der Waals surface area contributed by atoms with Crippen molar-refractivity contribution in [1.29, 1.82) is 0 Å². The van der Waals surface area contributed by atoms with Crippen LogP contribution in [0.3, 0.4) is 0 Å². The first-order valence-corrected chi connectivity index (χ1v) is 6.87. The van der Waals surface area contributed by atoms with Gasteiger partial charge in [0.1, 0.15) is 5.82 Å². The second kappa shape index (κ2) is 6.48. The summed E-state index contributed by atoms with van der Waals surface area (Å²) >= 11 is 0. The lowest BCUT2D eigenvalue weighted by atomic mass is 10.1. The monoisotopic (exact) mass is 258 g/mol. The minimum atomic E-state index is 0.375. The molecule has 0 aliphatic rings. The molecule has 19 heavy (non-hydrogen) atoms. The van der Waals surface area contributed by atoms with Gasteiger partial charge in [-0.3, -0.25) is 10.00 Å². The molecule has 0 bridgehead atoms. The van der Waals surface area contributed by atoms with E-state index in [0.29, 0.717) is 6.04 Å². The van der Waals surface area contributed by atoms with Crippen LogP contribution in [0.5, 0.6) is 0 Å². The summed E-state index contributed by atoms with van der Waals surface area (Å²) in [5.41, 5.74) is 1.34. The van der Waals surface area contributed by atoms with E-state index in [1.165, 1.54) is 5.56 Å². The summed E-state index contributed by atoms with van der Waals surface area (Å²) in [5, 5.41) is 7.14. The Hall–Kier alpha value is -1.68. The molecule has 0 unspecified atom stereocenters. The van der Waals surface area contributed by atoms with Crippen LogP contribution in [-0.2, 0) is 6.54 Å². The maximum absolute atomic E-state index is 4.40. The summed E-state index contributed by atoms with van der Waals surface area (Å²) < 4.78 is 0. The highest BCUT2D eigenvalue weighted by Gasteiger charge is 2.16. The molecule has 1 aromatic heterocycles. The Balaban J connectivity index is 2.11. The zero-order chi connectivity index (χ0) is 13.7. The predicted octanol–water partition coefficient (Wildman–Crippen LogP) is 3.09. The highest BCUT2D eigenvalue weighted by atomic mass is 15.3. The molecule has 0 amide bonds. The van der Waals surface area contributed by atoms with Crippen LogP contribution in [0.25, 0.3) is 0 Å². The summed E-state index contributed by atoms with van der Waals surface area (Å²) in [7, 11) is 0. The van der Waals surface area contributed by atoms with E-state index in [2.05, 4.69) is 64.3 Å². The highest BCUT2D eigenvalue weighted by Crippen LogP contribution is 2.21. The molecule has 1 aromatic carbocycles. The Bertz CT molecular complexity index is 492. The van der Waals surface area contributed by atoms with Crippen molar-refractivity contribution in [1.82, 2.24) is 20.1 Å². The van der Waals surface area contributed by atoms with Gasteiger partial charge in [0.15, 0.2) is 5.82 Å². The molecule has 0 fully saturated rings. The van der Waals surface area contributed by atoms with Gasteiger partial charge in [0.2, 0.25) is 0 Å². The highest BCUT2D eigenvalue weighted by molar-refractivity contribution is 5.18. The lowest BCUT2D eigenvalue weighted by Gasteiger charge is -2.28. The number of aromatic amines is 1. The second-order valence-electron chi connectivity index (χ2n) is 4.89. The van der Waals surface area contributed by atoms with Gasteiger partial charge in [-0.25, -0.2) is 4.98 Å². The molecule has 1 atom stereocenters. The van der Waals surface area contributed by atoms with Crippen molar-refractivity contribution >= 4 is 0 Å². The largest absolute Gasteiger partial charge is 0.289 e. The van der Waals surface area contributed by atoms with Crippen LogP contribution in [0.2, 0.25) is 0 Å². The average molecular weight is 258 g/mol. The number of hydrogen-bond donors (Lipinski definition) is 1. The molecular formula is C15H22N4. The van der Waals surface area contributed by atoms with E-state index in [1.807, 2.05) is 6.92 Å². The fourth-order valence-corrected chi connectivity index (χ4v) is 2.28. The molecule has 0 saturated heterocycles. The summed E-state index contributed by atoms with van der Waals surface area (Å²) in [6.45, 7) is 8.21. The van der Waals surface area contributed by atoms with E-state index in [1.54, 1.807) is 0 Å². The SMILES string of the molecule is CCCN(Cc1n[nH]c(C)n1)[C@@H](C)c1ccccc1. The quantitative estimate of drug-likeness (QED) is 0.866. The Labute approximate surface area is 114 Å². The summed E-state index contributed by atoms with van der Waals surface area (Å²) in [4.78, 5) is 6.82. The number of nitrogens with one attached hydrogen (secondary N) is 1. The van der Waals surface area contributed by atoms with Gasteiger partial charge >= 0.3 is 0 Å². The van der Waals surface area contributed by atoms with E-state index >= 15 is 0 Å². The van der Waals surface area contributed by atoms with E-state index in [4.69, 9.17) is 0 Å². The molecule has 0 aliphatic carbocycles. The number of H-pyrrole nitrogens is 1. The molecule has 4 nitrogen and oxygen atoms in total. The zero-order valence-electron chi connectivity index (χ0n) is 11.9. The fraction of sp³-hybridized carbons (Fsp3) is 0.467. The number of aromatic nitrogens is 3. The first-order valence-electron chi connectivity index (χ1n) is 6.87. The number of aryl methyl sites for hydroxylation is 1. The van der Waals surface area contributed by atoms with Crippen LogP contribution in [0.4, 0.5) is 0 Å². The molecular weight excluding hydrogens is 236 g/mol. The van der Waals surface area contributed by atoms with Crippen LogP contribution < -0.4 is 0 Å². The van der Waals surface area contributed by atoms with Crippen LogP contribution in [0.15, 0.2) is 30.3 Å². The minimum Gasteiger partial charge on any atom is -0.289 e. The average Bonchev–Trinajstić information content (AvgIpc) is 2.84. The Morgan fingerprint density at radius 1 is 1.26 bits per heavy atom. The van der Waals surface area contributed by atoms with Gasteiger partial charge in [-0.05, 0) is 32.4 Å². The first-order chi connectivity index (χ1) is 9.20. The summed E-state index contributed by atoms with van der Waals surface area (Å²) in [6, 6.07) is 11.0. The lowest BCUT2D eigenvalue weighted by molar-refractivity contribution is 0.197. The number of nitrogens with zero attached hydrogens (tertiary/aromatic N) is 3. The van der Waals surface area contributed by atoms with Crippen molar-refractivity contribution in [2.75, 3.05) is 6.54 Å². The maximum Gasteiger partial charge on any atom is 0.164 e. The fourth-order valence-electron chi connectivity index (χ4n) is 2.28. The third-order valence-corrected chi connectivity index (χ3v) is 3.33. The van der Waals surface area contributed by atoms with Crippen molar-refractivity contribution in [2.45, 2.75) is 39.8 Å². The molecule has 0 radical (unpaired) electrons. The van der Waals surface area contributed by atoms with Crippen molar-refractivity contribution in [3.05, 3.63) is 47.5 Å². The van der Waals surface area contributed by atoms with Gasteiger partial charge in [-0.1, -0.05) is 37.3 Å². The molecule has 0 spiro atoms. The molecule has 0 aliphatic heterocycles. The smallest absolute Gasteiger partial charge is 0.164 e. The van der Waals surface area contributed by atoms with Gasteiger partial charge in [-0.2, -0.15) is 5.10 Å². The van der Waals surface area contributed by atoms with Crippen molar-refractivity contribution < 1.29 is 0 Å². The molecule has 0 saturated carbocycles. The van der Waals surface area contributed by atoms with E-state index < -0.39 is 0 Å². The van der Waals surface area contributed by atoms with E-state index in [0.717, 1.165) is 31.2 Å². The van der Waals surface area contributed by atoms with Crippen LogP contribution >= 0.6 is 0 Å². The molecule has 4 heteroatoms. The lowest BCUT2D eigenvalue weighted by Crippen LogP contribution is -2.28. The topological polar surface area (TPSA) is 44.8 Å². The Morgan fingerprint density at radius 2 is 2.00 bits per heavy atom.